The summed E-state index contributed by atoms with van der Waals surface area (Å²) in [6.45, 7) is 2.00. The summed E-state index contributed by atoms with van der Waals surface area (Å²) in [7, 11) is 0. The van der Waals surface area contributed by atoms with Gasteiger partial charge in [-0.15, -0.1) is 24.2 Å². The molecule has 27 heavy (non-hydrogen) atoms. The van der Waals surface area contributed by atoms with E-state index in [2.05, 4.69) is 5.32 Å². The van der Waals surface area contributed by atoms with Gasteiger partial charge in [-0.25, -0.2) is 0 Å². The molecule has 0 unspecified atom stereocenters. The van der Waals surface area contributed by atoms with Gasteiger partial charge in [-0.05, 0) is 42.3 Å². The largest absolute Gasteiger partial charge is 0.490 e. The van der Waals surface area contributed by atoms with E-state index in [1.807, 2.05) is 42.5 Å². The van der Waals surface area contributed by atoms with Crippen LogP contribution >= 0.6 is 24.2 Å². The molecule has 7 heteroatoms. The molecular formula is C20H25ClN2O3S. The molecule has 0 bridgehead atoms. The second kappa shape index (κ2) is 10.9. The van der Waals surface area contributed by atoms with Crippen LogP contribution in [0.15, 0.2) is 47.4 Å². The SMILES string of the molecule is Cl.Nc1ccc(CCNC(=O)CCSc2ccc3c(c2)OCCCO3)cc1. The Morgan fingerprint density at radius 2 is 1.81 bits per heavy atom. The van der Waals surface area contributed by atoms with Crippen LogP contribution in [-0.4, -0.2) is 31.4 Å². The highest BCUT2D eigenvalue weighted by atomic mass is 35.5. The zero-order valence-corrected chi connectivity index (χ0v) is 16.7. The highest BCUT2D eigenvalue weighted by molar-refractivity contribution is 7.99. The Morgan fingerprint density at radius 1 is 1.07 bits per heavy atom. The van der Waals surface area contributed by atoms with Gasteiger partial charge in [0.05, 0.1) is 13.2 Å². The number of carbonyl (C=O) groups excluding carboxylic acids is 1. The number of nitrogen functional groups attached to an aromatic ring is 1. The second-order valence-corrected chi connectivity index (χ2v) is 7.27. The molecule has 1 heterocycles. The molecule has 0 saturated heterocycles. The van der Waals surface area contributed by atoms with Gasteiger partial charge < -0.3 is 20.5 Å². The molecule has 2 aromatic rings. The minimum atomic E-state index is 0. The summed E-state index contributed by atoms with van der Waals surface area (Å²) in [6, 6.07) is 13.7. The number of thioether (sulfide) groups is 1. The summed E-state index contributed by atoms with van der Waals surface area (Å²) in [4.78, 5) is 13.1. The van der Waals surface area contributed by atoms with E-state index < -0.39 is 0 Å². The number of nitrogens with two attached hydrogens (primary N) is 1. The summed E-state index contributed by atoms with van der Waals surface area (Å²) in [5.74, 6) is 2.39. The van der Waals surface area contributed by atoms with Crippen LogP contribution in [-0.2, 0) is 11.2 Å². The van der Waals surface area contributed by atoms with Crippen LogP contribution in [0.3, 0.4) is 0 Å². The van der Waals surface area contributed by atoms with Gasteiger partial charge in [0.2, 0.25) is 5.91 Å². The lowest BCUT2D eigenvalue weighted by atomic mass is 10.1. The quantitative estimate of drug-likeness (QED) is 0.539. The number of nitrogens with one attached hydrogen (secondary N) is 1. The van der Waals surface area contributed by atoms with Crippen molar-refractivity contribution in [3.8, 4) is 11.5 Å². The third-order valence-electron chi connectivity index (χ3n) is 4.03. The predicted molar refractivity (Wildman–Crippen MR) is 112 cm³/mol. The standard InChI is InChI=1S/C20H24N2O3S.ClH/c21-16-4-2-15(3-5-16)8-10-22-20(23)9-13-26-17-6-7-18-19(14-17)25-12-1-11-24-18;/h2-7,14H,1,8-13,21H2,(H,22,23);1H. The van der Waals surface area contributed by atoms with Crippen molar-refractivity contribution in [1.29, 1.82) is 0 Å². The number of halogens is 1. The molecule has 3 rings (SSSR count). The summed E-state index contributed by atoms with van der Waals surface area (Å²) >= 11 is 1.65. The molecule has 1 amide bonds. The van der Waals surface area contributed by atoms with Gasteiger partial charge in [0.1, 0.15) is 0 Å². The van der Waals surface area contributed by atoms with E-state index in [0.717, 1.165) is 40.7 Å². The molecular weight excluding hydrogens is 384 g/mol. The summed E-state index contributed by atoms with van der Waals surface area (Å²) < 4.78 is 11.3. The number of benzene rings is 2. The van der Waals surface area contributed by atoms with Gasteiger partial charge in [0.15, 0.2) is 11.5 Å². The number of rotatable bonds is 7. The molecule has 3 N–H and O–H groups in total. The van der Waals surface area contributed by atoms with E-state index in [0.29, 0.717) is 26.2 Å². The minimum Gasteiger partial charge on any atom is -0.490 e. The van der Waals surface area contributed by atoms with E-state index in [1.54, 1.807) is 11.8 Å². The number of carbonyl (C=O) groups is 1. The first-order valence-electron chi connectivity index (χ1n) is 8.84. The molecule has 0 aliphatic carbocycles. The number of hydrogen-bond donors (Lipinski definition) is 2. The molecule has 0 aromatic heterocycles. The minimum absolute atomic E-state index is 0. The van der Waals surface area contributed by atoms with E-state index in [9.17, 15) is 4.79 Å². The Hall–Kier alpha value is -2.05. The van der Waals surface area contributed by atoms with Crippen LogP contribution < -0.4 is 20.5 Å². The zero-order valence-electron chi connectivity index (χ0n) is 15.1. The molecule has 0 spiro atoms. The van der Waals surface area contributed by atoms with Gasteiger partial charge in [-0.3, -0.25) is 4.79 Å². The fourth-order valence-electron chi connectivity index (χ4n) is 2.61. The van der Waals surface area contributed by atoms with Crippen molar-refractivity contribution in [2.75, 3.05) is 31.2 Å². The molecule has 0 atom stereocenters. The Balaban J connectivity index is 0.00000261. The Labute approximate surface area is 170 Å². The highest BCUT2D eigenvalue weighted by Crippen LogP contribution is 2.33. The number of amides is 1. The van der Waals surface area contributed by atoms with Gasteiger partial charge in [0, 0.05) is 35.7 Å². The van der Waals surface area contributed by atoms with Crippen molar-refractivity contribution < 1.29 is 14.3 Å². The Kier molecular flexibility index (Phi) is 8.61. The van der Waals surface area contributed by atoms with Crippen molar-refractivity contribution in [1.82, 2.24) is 5.32 Å². The molecule has 0 saturated carbocycles. The van der Waals surface area contributed by atoms with E-state index in [-0.39, 0.29) is 18.3 Å². The smallest absolute Gasteiger partial charge is 0.220 e. The maximum absolute atomic E-state index is 12.0. The second-order valence-electron chi connectivity index (χ2n) is 6.10. The number of hydrogen-bond acceptors (Lipinski definition) is 5. The van der Waals surface area contributed by atoms with Crippen LogP contribution in [0, 0.1) is 0 Å². The van der Waals surface area contributed by atoms with Gasteiger partial charge in [0.25, 0.3) is 0 Å². The van der Waals surface area contributed by atoms with Gasteiger partial charge >= 0.3 is 0 Å². The predicted octanol–water partition coefficient (Wildman–Crippen LogP) is 3.69. The fourth-order valence-corrected chi connectivity index (χ4v) is 3.49. The summed E-state index contributed by atoms with van der Waals surface area (Å²) in [5.41, 5.74) is 7.59. The first-order valence-corrected chi connectivity index (χ1v) is 9.83. The highest BCUT2D eigenvalue weighted by Gasteiger charge is 2.11. The fraction of sp³-hybridized carbons (Fsp3) is 0.350. The molecule has 146 valence electrons. The number of anilines is 1. The van der Waals surface area contributed by atoms with Crippen LogP contribution in [0.5, 0.6) is 11.5 Å². The van der Waals surface area contributed by atoms with Crippen molar-refractivity contribution in [2.24, 2.45) is 0 Å². The molecule has 1 aliphatic heterocycles. The molecule has 0 radical (unpaired) electrons. The lowest BCUT2D eigenvalue weighted by molar-refractivity contribution is -0.120. The first kappa shape index (κ1) is 21.3. The normalized spacial score (nSPS) is 12.6. The summed E-state index contributed by atoms with van der Waals surface area (Å²) in [6.07, 6.45) is 2.19. The lowest BCUT2D eigenvalue weighted by Crippen LogP contribution is -2.25. The molecule has 5 nitrogen and oxygen atoms in total. The maximum Gasteiger partial charge on any atom is 0.220 e. The van der Waals surface area contributed by atoms with Crippen molar-refractivity contribution in [3.63, 3.8) is 0 Å². The Morgan fingerprint density at radius 3 is 2.59 bits per heavy atom. The topological polar surface area (TPSA) is 73.6 Å². The van der Waals surface area contributed by atoms with Crippen LogP contribution in [0.1, 0.15) is 18.4 Å². The Bertz CT molecular complexity index is 741. The third-order valence-corrected chi connectivity index (χ3v) is 5.03. The van der Waals surface area contributed by atoms with Gasteiger partial charge in [-0.2, -0.15) is 0 Å². The maximum atomic E-state index is 12.0. The third kappa shape index (κ3) is 6.88. The van der Waals surface area contributed by atoms with Crippen LogP contribution in [0.4, 0.5) is 5.69 Å². The monoisotopic (exact) mass is 408 g/mol. The number of ether oxygens (including phenoxy) is 2. The zero-order chi connectivity index (χ0) is 18.2. The van der Waals surface area contributed by atoms with E-state index >= 15 is 0 Å². The number of fused-ring (bicyclic) bond motifs is 1. The van der Waals surface area contributed by atoms with E-state index in [1.165, 1.54) is 5.56 Å². The average molecular weight is 409 g/mol. The van der Waals surface area contributed by atoms with Crippen molar-refractivity contribution >= 4 is 35.8 Å². The molecule has 1 aliphatic rings. The summed E-state index contributed by atoms with van der Waals surface area (Å²) in [5, 5.41) is 2.96. The molecule has 2 aromatic carbocycles. The lowest BCUT2D eigenvalue weighted by Gasteiger charge is -2.09. The van der Waals surface area contributed by atoms with E-state index in [4.69, 9.17) is 15.2 Å². The van der Waals surface area contributed by atoms with Gasteiger partial charge in [-0.1, -0.05) is 12.1 Å². The first-order chi connectivity index (χ1) is 12.7. The average Bonchev–Trinajstić information content (AvgIpc) is 2.88. The van der Waals surface area contributed by atoms with Crippen LogP contribution in [0.2, 0.25) is 0 Å². The van der Waals surface area contributed by atoms with Crippen LogP contribution in [0.25, 0.3) is 0 Å². The van der Waals surface area contributed by atoms with Crippen molar-refractivity contribution in [3.05, 3.63) is 48.0 Å². The molecule has 0 fully saturated rings. The van der Waals surface area contributed by atoms with Crippen molar-refractivity contribution in [2.45, 2.75) is 24.2 Å².